The molecule has 3 heterocycles. The van der Waals surface area contributed by atoms with Gasteiger partial charge in [0.1, 0.15) is 0 Å². The van der Waals surface area contributed by atoms with Crippen molar-refractivity contribution in [3.05, 3.63) is 30.9 Å². The standard InChI is InChI=1S/C12H16N6/c1-3-10(17-12-13-4-2-5-14-12)9-18(6-1)11-7-15-16-8-11/h2,4-5,7-8,10H,1,3,6,9H2,(H,15,16)(H,13,14,17). The van der Waals surface area contributed by atoms with E-state index in [1.165, 1.54) is 0 Å². The van der Waals surface area contributed by atoms with Crippen LogP contribution in [0.2, 0.25) is 0 Å². The molecule has 0 spiro atoms. The summed E-state index contributed by atoms with van der Waals surface area (Å²) in [4.78, 5) is 10.7. The Morgan fingerprint density at radius 1 is 1.33 bits per heavy atom. The number of aromatic nitrogens is 4. The molecule has 2 N–H and O–H groups in total. The van der Waals surface area contributed by atoms with Gasteiger partial charge in [-0.15, -0.1) is 0 Å². The van der Waals surface area contributed by atoms with E-state index in [0.717, 1.165) is 31.6 Å². The highest BCUT2D eigenvalue weighted by Gasteiger charge is 2.20. The second-order valence-corrected chi connectivity index (χ2v) is 4.46. The molecule has 0 aromatic carbocycles. The topological polar surface area (TPSA) is 69.7 Å². The number of rotatable bonds is 3. The fourth-order valence-corrected chi connectivity index (χ4v) is 2.30. The van der Waals surface area contributed by atoms with Crippen LogP contribution in [0, 0.1) is 0 Å². The zero-order chi connectivity index (χ0) is 12.2. The van der Waals surface area contributed by atoms with Gasteiger partial charge in [0.25, 0.3) is 0 Å². The zero-order valence-electron chi connectivity index (χ0n) is 10.1. The molecular formula is C12H16N6. The van der Waals surface area contributed by atoms with Gasteiger partial charge >= 0.3 is 0 Å². The SMILES string of the molecule is c1cnc(NC2CCCN(c3cn[nH]c3)C2)nc1. The highest BCUT2D eigenvalue weighted by atomic mass is 15.2. The van der Waals surface area contributed by atoms with Crippen LogP contribution in [-0.2, 0) is 0 Å². The highest BCUT2D eigenvalue weighted by molar-refractivity contribution is 5.43. The maximum absolute atomic E-state index is 4.20. The number of nitrogens with zero attached hydrogens (tertiary/aromatic N) is 4. The van der Waals surface area contributed by atoms with Crippen molar-refractivity contribution in [2.24, 2.45) is 0 Å². The first kappa shape index (κ1) is 11.0. The van der Waals surface area contributed by atoms with Gasteiger partial charge in [-0.1, -0.05) is 0 Å². The number of anilines is 2. The molecule has 94 valence electrons. The lowest BCUT2D eigenvalue weighted by Gasteiger charge is -2.33. The Balaban J connectivity index is 1.64. The minimum atomic E-state index is 0.385. The van der Waals surface area contributed by atoms with Crippen LogP contribution in [0.1, 0.15) is 12.8 Å². The third-order valence-electron chi connectivity index (χ3n) is 3.17. The fraction of sp³-hybridized carbons (Fsp3) is 0.417. The average Bonchev–Trinajstić information content (AvgIpc) is 2.94. The molecule has 18 heavy (non-hydrogen) atoms. The van der Waals surface area contributed by atoms with Crippen molar-refractivity contribution in [1.82, 2.24) is 20.2 Å². The highest BCUT2D eigenvalue weighted by Crippen LogP contribution is 2.19. The summed E-state index contributed by atoms with van der Waals surface area (Å²) in [6.07, 6.45) is 9.61. The van der Waals surface area contributed by atoms with E-state index in [4.69, 9.17) is 0 Å². The molecule has 0 aliphatic carbocycles. The third-order valence-corrected chi connectivity index (χ3v) is 3.17. The average molecular weight is 244 g/mol. The summed E-state index contributed by atoms with van der Waals surface area (Å²) in [5, 5.41) is 10.2. The van der Waals surface area contributed by atoms with Gasteiger partial charge < -0.3 is 10.2 Å². The van der Waals surface area contributed by atoms with Crippen LogP contribution in [0.5, 0.6) is 0 Å². The Morgan fingerprint density at radius 2 is 2.22 bits per heavy atom. The third kappa shape index (κ3) is 2.42. The predicted molar refractivity (Wildman–Crippen MR) is 69.5 cm³/mol. The van der Waals surface area contributed by atoms with Crippen LogP contribution in [0.3, 0.4) is 0 Å². The van der Waals surface area contributed by atoms with Crippen molar-refractivity contribution in [2.75, 3.05) is 23.3 Å². The maximum atomic E-state index is 4.20. The molecule has 1 unspecified atom stereocenters. The smallest absolute Gasteiger partial charge is 0.222 e. The lowest BCUT2D eigenvalue weighted by Crippen LogP contribution is -2.42. The second kappa shape index (κ2) is 5.03. The van der Waals surface area contributed by atoms with Gasteiger partial charge in [0.05, 0.1) is 11.9 Å². The molecule has 1 atom stereocenters. The Labute approximate surface area is 105 Å². The number of piperidine rings is 1. The lowest BCUT2D eigenvalue weighted by atomic mass is 10.1. The Kier molecular flexibility index (Phi) is 3.08. The quantitative estimate of drug-likeness (QED) is 0.851. The maximum Gasteiger partial charge on any atom is 0.222 e. The van der Waals surface area contributed by atoms with Crippen LogP contribution in [0.4, 0.5) is 11.6 Å². The summed E-state index contributed by atoms with van der Waals surface area (Å²) in [5.74, 6) is 0.705. The minimum Gasteiger partial charge on any atom is -0.367 e. The van der Waals surface area contributed by atoms with Crippen molar-refractivity contribution in [3.8, 4) is 0 Å². The molecule has 2 aromatic heterocycles. The van der Waals surface area contributed by atoms with Crippen LogP contribution in [0.15, 0.2) is 30.9 Å². The number of hydrogen-bond acceptors (Lipinski definition) is 5. The monoisotopic (exact) mass is 244 g/mol. The van der Waals surface area contributed by atoms with Gasteiger partial charge in [-0.2, -0.15) is 5.10 Å². The van der Waals surface area contributed by atoms with E-state index in [1.807, 2.05) is 18.5 Å². The van der Waals surface area contributed by atoms with Crippen LogP contribution >= 0.6 is 0 Å². The van der Waals surface area contributed by atoms with Crippen LogP contribution < -0.4 is 10.2 Å². The summed E-state index contributed by atoms with van der Waals surface area (Å²) in [6.45, 7) is 2.03. The van der Waals surface area contributed by atoms with E-state index in [1.54, 1.807) is 12.4 Å². The first-order chi connectivity index (χ1) is 8.92. The summed E-state index contributed by atoms with van der Waals surface area (Å²) in [5.41, 5.74) is 1.15. The molecule has 3 rings (SSSR count). The Morgan fingerprint density at radius 3 is 3.00 bits per heavy atom. The van der Waals surface area contributed by atoms with E-state index in [-0.39, 0.29) is 0 Å². The van der Waals surface area contributed by atoms with E-state index >= 15 is 0 Å². The van der Waals surface area contributed by atoms with Crippen LogP contribution in [-0.4, -0.2) is 39.3 Å². The number of nitrogens with one attached hydrogen (secondary N) is 2. The minimum absolute atomic E-state index is 0.385. The van der Waals surface area contributed by atoms with Crippen LogP contribution in [0.25, 0.3) is 0 Å². The molecule has 1 fully saturated rings. The predicted octanol–water partition coefficient (Wildman–Crippen LogP) is 1.28. The lowest BCUT2D eigenvalue weighted by molar-refractivity contribution is 0.527. The van der Waals surface area contributed by atoms with Crippen molar-refractivity contribution in [1.29, 1.82) is 0 Å². The van der Waals surface area contributed by atoms with Gasteiger partial charge in [0, 0.05) is 37.7 Å². The molecular weight excluding hydrogens is 228 g/mol. The van der Waals surface area contributed by atoms with Crippen molar-refractivity contribution in [3.63, 3.8) is 0 Å². The van der Waals surface area contributed by atoms with Gasteiger partial charge in [-0.25, -0.2) is 9.97 Å². The van der Waals surface area contributed by atoms with Crippen molar-refractivity contribution < 1.29 is 0 Å². The molecule has 0 amide bonds. The number of aromatic amines is 1. The molecule has 1 saturated heterocycles. The van der Waals surface area contributed by atoms with E-state index in [0.29, 0.717) is 12.0 Å². The van der Waals surface area contributed by atoms with Crippen molar-refractivity contribution in [2.45, 2.75) is 18.9 Å². The van der Waals surface area contributed by atoms with Crippen molar-refractivity contribution >= 4 is 11.6 Å². The first-order valence-electron chi connectivity index (χ1n) is 6.19. The first-order valence-corrected chi connectivity index (χ1v) is 6.19. The summed E-state index contributed by atoms with van der Waals surface area (Å²) in [7, 11) is 0. The fourth-order valence-electron chi connectivity index (χ4n) is 2.30. The van der Waals surface area contributed by atoms with E-state index in [9.17, 15) is 0 Å². The molecule has 0 saturated carbocycles. The van der Waals surface area contributed by atoms with Gasteiger partial charge in [0.2, 0.25) is 5.95 Å². The molecule has 1 aliphatic heterocycles. The second-order valence-electron chi connectivity index (χ2n) is 4.46. The van der Waals surface area contributed by atoms with Gasteiger partial charge in [-0.05, 0) is 18.9 Å². The summed E-state index contributed by atoms with van der Waals surface area (Å²) in [6, 6.07) is 2.21. The molecule has 2 aromatic rings. The molecule has 1 aliphatic rings. The molecule has 0 radical (unpaired) electrons. The Bertz CT molecular complexity index is 469. The zero-order valence-corrected chi connectivity index (χ0v) is 10.1. The number of hydrogen-bond donors (Lipinski definition) is 2. The van der Waals surface area contributed by atoms with Gasteiger partial charge in [-0.3, -0.25) is 5.10 Å². The van der Waals surface area contributed by atoms with Gasteiger partial charge in [0.15, 0.2) is 0 Å². The number of H-pyrrole nitrogens is 1. The largest absolute Gasteiger partial charge is 0.367 e. The summed E-state index contributed by atoms with van der Waals surface area (Å²) < 4.78 is 0. The van der Waals surface area contributed by atoms with E-state index in [2.05, 4.69) is 30.4 Å². The molecule has 0 bridgehead atoms. The summed E-state index contributed by atoms with van der Waals surface area (Å²) >= 11 is 0. The Hall–Kier alpha value is -2.11. The van der Waals surface area contributed by atoms with E-state index < -0.39 is 0 Å². The molecule has 6 heteroatoms. The normalized spacial score (nSPS) is 19.8. The molecule has 6 nitrogen and oxygen atoms in total.